The van der Waals surface area contributed by atoms with Crippen molar-refractivity contribution in [2.45, 2.75) is 6.92 Å². The first-order valence-electron chi connectivity index (χ1n) is 4.17. The van der Waals surface area contributed by atoms with Crippen molar-refractivity contribution < 1.29 is 4.79 Å². The van der Waals surface area contributed by atoms with Crippen LogP contribution in [0.3, 0.4) is 0 Å². The van der Waals surface area contributed by atoms with Gasteiger partial charge in [0.25, 0.3) is 5.91 Å². The molecule has 1 aromatic rings. The van der Waals surface area contributed by atoms with E-state index in [0.29, 0.717) is 17.1 Å². The van der Waals surface area contributed by atoms with Gasteiger partial charge in [0.2, 0.25) is 0 Å². The predicted octanol–water partition coefficient (Wildman–Crippen LogP) is 2.09. The van der Waals surface area contributed by atoms with Gasteiger partial charge in [0, 0.05) is 10.6 Å². The van der Waals surface area contributed by atoms with Gasteiger partial charge in [0.1, 0.15) is 0 Å². The van der Waals surface area contributed by atoms with Crippen molar-refractivity contribution in [3.63, 3.8) is 0 Å². The molecule has 2 nitrogen and oxygen atoms in total. The Kier molecular flexibility index (Phi) is 4.03. The minimum absolute atomic E-state index is 0.135. The molecule has 1 N–H and O–H groups in total. The lowest BCUT2D eigenvalue weighted by atomic mass is 10.2. The Balaban J connectivity index is 2.59. The Labute approximate surface area is 88.3 Å². The van der Waals surface area contributed by atoms with Crippen LogP contribution in [0.2, 0.25) is 5.02 Å². The van der Waals surface area contributed by atoms with Crippen LogP contribution in [-0.4, -0.2) is 12.5 Å². The van der Waals surface area contributed by atoms with Crippen molar-refractivity contribution in [2.24, 2.45) is 0 Å². The van der Waals surface area contributed by atoms with E-state index in [-0.39, 0.29) is 5.91 Å². The Morgan fingerprint density at radius 3 is 2.64 bits per heavy atom. The fourth-order valence-electron chi connectivity index (χ4n) is 0.916. The van der Waals surface area contributed by atoms with Gasteiger partial charge >= 0.3 is 0 Å². The first kappa shape index (κ1) is 10.6. The number of rotatable bonds is 2. The van der Waals surface area contributed by atoms with Gasteiger partial charge < -0.3 is 5.32 Å². The van der Waals surface area contributed by atoms with E-state index in [1.807, 2.05) is 0 Å². The van der Waals surface area contributed by atoms with Crippen molar-refractivity contribution in [3.05, 3.63) is 34.9 Å². The summed E-state index contributed by atoms with van der Waals surface area (Å²) in [7, 11) is 0. The molecule has 0 atom stereocenters. The maximum Gasteiger partial charge on any atom is 0.252 e. The molecular formula is C11H10ClNO. The number of carbonyl (C=O) groups is 1. The Bertz CT molecular complexity index is 373. The quantitative estimate of drug-likeness (QED) is 0.740. The van der Waals surface area contributed by atoms with E-state index in [1.54, 1.807) is 31.2 Å². The van der Waals surface area contributed by atoms with Gasteiger partial charge in [0.15, 0.2) is 0 Å². The Morgan fingerprint density at radius 2 is 2.07 bits per heavy atom. The summed E-state index contributed by atoms with van der Waals surface area (Å²) in [5, 5.41) is 3.28. The smallest absolute Gasteiger partial charge is 0.252 e. The predicted molar refractivity (Wildman–Crippen MR) is 57.2 cm³/mol. The summed E-state index contributed by atoms with van der Waals surface area (Å²) in [6.07, 6.45) is 0. The Hall–Kier alpha value is -1.46. The van der Waals surface area contributed by atoms with Crippen LogP contribution in [0.15, 0.2) is 24.3 Å². The third-order valence-electron chi connectivity index (χ3n) is 1.62. The highest BCUT2D eigenvalue weighted by Crippen LogP contribution is 2.08. The zero-order valence-electron chi connectivity index (χ0n) is 7.80. The van der Waals surface area contributed by atoms with Crippen LogP contribution in [0.5, 0.6) is 0 Å². The molecule has 0 radical (unpaired) electrons. The normalized spacial score (nSPS) is 8.71. The number of hydrogen-bond donors (Lipinski definition) is 1. The lowest BCUT2D eigenvalue weighted by molar-refractivity contribution is 0.0958. The molecule has 0 bridgehead atoms. The van der Waals surface area contributed by atoms with E-state index in [1.165, 1.54) is 0 Å². The minimum Gasteiger partial charge on any atom is -0.341 e. The molecule has 0 aromatic heterocycles. The van der Waals surface area contributed by atoms with Gasteiger partial charge in [-0.1, -0.05) is 17.5 Å². The van der Waals surface area contributed by atoms with Gasteiger partial charge in [-0.15, -0.1) is 5.92 Å². The largest absolute Gasteiger partial charge is 0.341 e. The van der Waals surface area contributed by atoms with Crippen molar-refractivity contribution >= 4 is 17.5 Å². The van der Waals surface area contributed by atoms with Crippen LogP contribution in [0.4, 0.5) is 0 Å². The molecular weight excluding hydrogens is 198 g/mol. The van der Waals surface area contributed by atoms with Crippen LogP contribution in [0, 0.1) is 11.8 Å². The molecule has 0 aliphatic rings. The molecule has 0 aliphatic carbocycles. The zero-order chi connectivity index (χ0) is 10.4. The van der Waals surface area contributed by atoms with Gasteiger partial charge in [-0.3, -0.25) is 4.79 Å². The van der Waals surface area contributed by atoms with E-state index >= 15 is 0 Å². The minimum atomic E-state index is -0.135. The highest BCUT2D eigenvalue weighted by atomic mass is 35.5. The highest BCUT2D eigenvalue weighted by Gasteiger charge is 2.02. The molecule has 0 aliphatic heterocycles. The topological polar surface area (TPSA) is 29.1 Å². The number of halogens is 1. The molecule has 0 fully saturated rings. The molecule has 1 rings (SSSR count). The lowest BCUT2D eigenvalue weighted by Gasteiger charge is -2.00. The van der Waals surface area contributed by atoms with Gasteiger partial charge in [-0.2, -0.15) is 0 Å². The fourth-order valence-corrected chi connectivity index (χ4v) is 1.04. The van der Waals surface area contributed by atoms with Crippen molar-refractivity contribution in [3.8, 4) is 11.8 Å². The molecule has 3 heteroatoms. The van der Waals surface area contributed by atoms with Crippen LogP contribution in [-0.2, 0) is 0 Å². The number of carbonyl (C=O) groups excluding carboxylic acids is 1. The number of hydrogen-bond acceptors (Lipinski definition) is 1. The fraction of sp³-hybridized carbons (Fsp3) is 0.182. The lowest BCUT2D eigenvalue weighted by Crippen LogP contribution is -2.23. The van der Waals surface area contributed by atoms with Gasteiger partial charge in [-0.25, -0.2) is 0 Å². The van der Waals surface area contributed by atoms with E-state index < -0.39 is 0 Å². The number of nitrogens with one attached hydrogen (secondary N) is 1. The zero-order valence-corrected chi connectivity index (χ0v) is 8.56. The summed E-state index contributed by atoms with van der Waals surface area (Å²) < 4.78 is 0. The third kappa shape index (κ3) is 3.12. The van der Waals surface area contributed by atoms with Crippen LogP contribution >= 0.6 is 11.6 Å². The summed E-state index contributed by atoms with van der Waals surface area (Å²) in [5.74, 6) is 5.32. The first-order chi connectivity index (χ1) is 6.74. The second kappa shape index (κ2) is 5.31. The first-order valence-corrected chi connectivity index (χ1v) is 4.55. The number of amides is 1. The summed E-state index contributed by atoms with van der Waals surface area (Å²) >= 11 is 5.69. The standard InChI is InChI=1S/C11H10ClNO/c1-2-3-8-13-11(14)9-4-6-10(12)7-5-9/h4-7H,8H2,1H3,(H,13,14). The van der Waals surface area contributed by atoms with Crippen LogP contribution in [0.25, 0.3) is 0 Å². The summed E-state index contributed by atoms with van der Waals surface area (Å²) in [6, 6.07) is 6.72. The monoisotopic (exact) mass is 207 g/mol. The van der Waals surface area contributed by atoms with Crippen LogP contribution < -0.4 is 5.32 Å². The third-order valence-corrected chi connectivity index (χ3v) is 1.87. The molecule has 0 spiro atoms. The van der Waals surface area contributed by atoms with Crippen molar-refractivity contribution in [2.75, 3.05) is 6.54 Å². The molecule has 14 heavy (non-hydrogen) atoms. The van der Waals surface area contributed by atoms with Crippen LogP contribution in [0.1, 0.15) is 17.3 Å². The van der Waals surface area contributed by atoms with Crippen molar-refractivity contribution in [1.29, 1.82) is 0 Å². The second-order valence-electron chi connectivity index (χ2n) is 2.62. The second-order valence-corrected chi connectivity index (χ2v) is 3.05. The van der Waals surface area contributed by atoms with Gasteiger partial charge in [-0.05, 0) is 31.2 Å². The Morgan fingerprint density at radius 1 is 1.43 bits per heavy atom. The van der Waals surface area contributed by atoms with E-state index in [2.05, 4.69) is 17.2 Å². The highest BCUT2D eigenvalue weighted by molar-refractivity contribution is 6.30. The molecule has 1 aromatic carbocycles. The van der Waals surface area contributed by atoms with Gasteiger partial charge in [0.05, 0.1) is 6.54 Å². The SMILES string of the molecule is CC#CCNC(=O)c1ccc(Cl)cc1. The van der Waals surface area contributed by atoms with E-state index in [0.717, 1.165) is 0 Å². The summed E-state index contributed by atoms with van der Waals surface area (Å²) in [4.78, 5) is 11.4. The molecule has 0 heterocycles. The maximum atomic E-state index is 11.4. The summed E-state index contributed by atoms with van der Waals surface area (Å²) in [6.45, 7) is 2.10. The van der Waals surface area contributed by atoms with Crippen molar-refractivity contribution in [1.82, 2.24) is 5.32 Å². The molecule has 0 unspecified atom stereocenters. The molecule has 72 valence electrons. The van der Waals surface area contributed by atoms with E-state index in [4.69, 9.17) is 11.6 Å². The number of benzene rings is 1. The average molecular weight is 208 g/mol. The maximum absolute atomic E-state index is 11.4. The molecule has 1 amide bonds. The summed E-state index contributed by atoms with van der Waals surface area (Å²) in [5.41, 5.74) is 0.590. The average Bonchev–Trinajstić information content (AvgIpc) is 2.19. The molecule has 0 saturated carbocycles. The van der Waals surface area contributed by atoms with E-state index in [9.17, 15) is 4.79 Å². The molecule has 0 saturated heterocycles.